The summed E-state index contributed by atoms with van der Waals surface area (Å²) in [6.45, 7) is 3.38. The third-order valence-corrected chi connectivity index (χ3v) is 8.03. The molecule has 0 aromatic carbocycles. The fourth-order valence-corrected chi connectivity index (χ4v) is 5.81. The largest absolute Gasteiger partial charge is 0.395 e. The predicted molar refractivity (Wildman–Crippen MR) is 136 cm³/mol. The van der Waals surface area contributed by atoms with Gasteiger partial charge in [-0.2, -0.15) is 18.3 Å². The zero-order valence-electron chi connectivity index (χ0n) is 21.4. The first-order valence-corrected chi connectivity index (χ1v) is 13.1. The molecule has 2 aliphatic heterocycles. The van der Waals surface area contributed by atoms with Gasteiger partial charge in [0.05, 0.1) is 41.2 Å². The number of nitrogens with one attached hydrogen (secondary N) is 2. The zero-order chi connectivity index (χ0) is 26.9. The van der Waals surface area contributed by atoms with Crippen LogP contribution in [0.5, 0.6) is 0 Å². The number of pyridine rings is 1. The van der Waals surface area contributed by atoms with Crippen molar-refractivity contribution in [3.05, 3.63) is 24.7 Å². The van der Waals surface area contributed by atoms with Crippen LogP contribution in [0.3, 0.4) is 0 Å². The fraction of sp³-hybridized carbons (Fsp3) is 0.577. The van der Waals surface area contributed by atoms with E-state index >= 15 is 0 Å². The first-order chi connectivity index (χ1) is 17.9. The molecule has 204 valence electrons. The molecule has 5 heterocycles. The number of piperidine rings is 1. The monoisotopic (exact) mass is 533 g/mol. The van der Waals surface area contributed by atoms with Crippen LogP contribution in [0, 0.1) is 5.92 Å². The Balaban J connectivity index is 1.30. The molecule has 0 unspecified atom stereocenters. The lowest BCUT2D eigenvalue weighted by Crippen LogP contribution is -2.53. The van der Waals surface area contributed by atoms with Gasteiger partial charge in [0.15, 0.2) is 0 Å². The lowest BCUT2D eigenvalue weighted by molar-refractivity contribution is -0.180. The van der Waals surface area contributed by atoms with Crippen LogP contribution in [0.25, 0.3) is 22.3 Å². The van der Waals surface area contributed by atoms with Crippen LogP contribution in [0.1, 0.15) is 46.0 Å². The molecule has 1 spiro atoms. The second-order valence-electron chi connectivity index (χ2n) is 11.5. The number of aromatic amines is 1. The molecule has 38 heavy (non-hydrogen) atoms. The van der Waals surface area contributed by atoms with E-state index in [1.165, 1.54) is 20.0 Å². The Morgan fingerprint density at radius 2 is 1.92 bits per heavy atom. The van der Waals surface area contributed by atoms with Gasteiger partial charge in [0, 0.05) is 43.0 Å². The summed E-state index contributed by atoms with van der Waals surface area (Å²) < 4.78 is 55.7. The van der Waals surface area contributed by atoms with Crippen LogP contribution in [0.4, 0.5) is 33.7 Å². The molecule has 1 aliphatic carbocycles. The second kappa shape index (κ2) is 8.60. The average Bonchev–Trinajstić information content (AvgIpc) is 3.25. The van der Waals surface area contributed by atoms with Crippen molar-refractivity contribution >= 4 is 28.3 Å². The molecule has 3 aromatic rings. The minimum absolute atomic E-state index is 0.0121. The predicted octanol–water partition coefficient (Wildman–Crippen LogP) is 5.72. The number of nitrogens with zero attached hydrogens (tertiary/aromatic N) is 5. The van der Waals surface area contributed by atoms with Gasteiger partial charge in [0.25, 0.3) is 0 Å². The van der Waals surface area contributed by atoms with Crippen molar-refractivity contribution in [2.45, 2.75) is 69.9 Å². The summed E-state index contributed by atoms with van der Waals surface area (Å²) >= 11 is 0. The quantitative estimate of drug-likeness (QED) is 0.411. The van der Waals surface area contributed by atoms with Crippen molar-refractivity contribution in [1.82, 2.24) is 24.6 Å². The number of anilines is 2. The van der Waals surface area contributed by atoms with E-state index in [0.29, 0.717) is 33.7 Å². The Bertz CT molecular complexity index is 1360. The van der Waals surface area contributed by atoms with Gasteiger partial charge in [-0.25, -0.2) is 9.18 Å². The van der Waals surface area contributed by atoms with Gasteiger partial charge in [0.2, 0.25) is 0 Å². The molecular weight excluding hydrogens is 502 g/mol. The number of carbonyl (C=O) groups excluding carboxylic acids is 1. The molecule has 2 saturated heterocycles. The highest BCUT2D eigenvalue weighted by Crippen LogP contribution is 2.48. The topological polar surface area (TPSA) is 82.1 Å². The molecule has 2 amide bonds. The maximum absolute atomic E-state index is 14.7. The molecule has 0 atom stereocenters. The highest BCUT2D eigenvalue weighted by molar-refractivity contribution is 5.97. The van der Waals surface area contributed by atoms with Crippen LogP contribution < -0.4 is 10.2 Å². The van der Waals surface area contributed by atoms with Gasteiger partial charge >= 0.3 is 12.2 Å². The second-order valence-corrected chi connectivity index (χ2v) is 11.5. The number of alkyl halides is 4. The summed E-state index contributed by atoms with van der Waals surface area (Å²) in [5, 5.41) is 10.7. The van der Waals surface area contributed by atoms with Crippen molar-refractivity contribution < 1.29 is 22.4 Å². The van der Waals surface area contributed by atoms with Crippen molar-refractivity contribution in [2.24, 2.45) is 5.92 Å². The third-order valence-electron chi connectivity index (χ3n) is 8.03. The number of likely N-dealkylation sites (tertiary alicyclic amines) is 1. The van der Waals surface area contributed by atoms with Crippen LogP contribution in [-0.2, 0) is 6.54 Å². The molecule has 0 bridgehead atoms. The Morgan fingerprint density at radius 1 is 1.16 bits per heavy atom. The van der Waals surface area contributed by atoms with Crippen molar-refractivity contribution in [1.29, 1.82) is 0 Å². The molecule has 3 aromatic heterocycles. The number of amides is 2. The van der Waals surface area contributed by atoms with Crippen molar-refractivity contribution in [3.63, 3.8) is 0 Å². The highest BCUT2D eigenvalue weighted by atomic mass is 19.4. The van der Waals surface area contributed by atoms with E-state index in [1.807, 2.05) is 4.90 Å². The maximum Gasteiger partial charge on any atom is 0.395 e. The minimum atomic E-state index is -4.24. The molecule has 8 nitrogen and oxygen atoms in total. The number of aromatic nitrogens is 4. The summed E-state index contributed by atoms with van der Waals surface area (Å²) in [6, 6.07) is 1.60. The number of carbonyl (C=O) groups is 1. The molecule has 2 N–H and O–H groups in total. The van der Waals surface area contributed by atoms with Crippen LogP contribution in [-0.4, -0.2) is 67.7 Å². The summed E-state index contributed by atoms with van der Waals surface area (Å²) in [7, 11) is 0. The summed E-state index contributed by atoms with van der Waals surface area (Å²) in [5.74, 6) is -1.38. The van der Waals surface area contributed by atoms with Gasteiger partial charge < -0.3 is 19.7 Å². The highest BCUT2D eigenvalue weighted by Gasteiger charge is 2.51. The summed E-state index contributed by atoms with van der Waals surface area (Å²) in [4.78, 5) is 21.3. The zero-order valence-corrected chi connectivity index (χ0v) is 21.4. The minimum Gasteiger partial charge on any atom is -0.368 e. The van der Waals surface area contributed by atoms with Crippen LogP contribution in [0.15, 0.2) is 24.7 Å². The molecule has 12 heteroatoms. The number of hydrogen-bond acceptors (Lipinski definition) is 4. The van der Waals surface area contributed by atoms with Gasteiger partial charge in [-0.05, 0) is 52.0 Å². The smallest absolute Gasteiger partial charge is 0.368 e. The van der Waals surface area contributed by atoms with E-state index in [0.717, 1.165) is 38.6 Å². The standard InChI is InChI=1S/C26H31F4N7O/c1-24(2,27)15-36-14-21(35-12-16(13-35)26(28,29)30)17-10-31-18(9-20(17)36)22-19(11-32-34-22)33-23(38)37-8-4-3-5-25(37)6-7-25/h9-11,14,16H,3-8,12-13,15H2,1-2H3,(H,32,34)(H,33,38). The Morgan fingerprint density at radius 3 is 2.61 bits per heavy atom. The molecule has 3 fully saturated rings. The number of fused-ring (bicyclic) bond motifs is 1. The first kappa shape index (κ1) is 25.0. The van der Waals surface area contributed by atoms with E-state index in [2.05, 4.69) is 20.5 Å². The average molecular weight is 534 g/mol. The van der Waals surface area contributed by atoms with Gasteiger partial charge in [-0.3, -0.25) is 10.1 Å². The van der Waals surface area contributed by atoms with Crippen LogP contribution >= 0.6 is 0 Å². The van der Waals surface area contributed by atoms with Gasteiger partial charge in [-0.1, -0.05) is 0 Å². The number of urea groups is 1. The van der Waals surface area contributed by atoms with Crippen molar-refractivity contribution in [3.8, 4) is 11.4 Å². The van der Waals surface area contributed by atoms with Gasteiger partial charge in [-0.15, -0.1) is 0 Å². The first-order valence-electron chi connectivity index (χ1n) is 13.1. The lowest BCUT2D eigenvalue weighted by Gasteiger charge is -2.41. The Kier molecular flexibility index (Phi) is 5.66. The number of rotatable bonds is 5. The van der Waals surface area contributed by atoms with E-state index < -0.39 is 17.8 Å². The normalized spacial score (nSPS) is 19.7. The van der Waals surface area contributed by atoms with E-state index in [-0.39, 0.29) is 31.2 Å². The number of hydrogen-bond donors (Lipinski definition) is 2. The molecule has 1 saturated carbocycles. The van der Waals surface area contributed by atoms with Gasteiger partial charge in [0.1, 0.15) is 11.4 Å². The van der Waals surface area contributed by atoms with E-state index in [1.54, 1.807) is 27.9 Å². The molecular formula is C26H31F4N7O. The Hall–Kier alpha value is -3.31. The Labute approximate surface area is 217 Å². The van der Waals surface area contributed by atoms with E-state index in [4.69, 9.17) is 0 Å². The fourth-order valence-electron chi connectivity index (χ4n) is 5.81. The lowest BCUT2D eigenvalue weighted by atomic mass is 9.99. The third kappa shape index (κ3) is 4.47. The maximum atomic E-state index is 14.7. The molecule has 6 rings (SSSR count). The summed E-state index contributed by atoms with van der Waals surface area (Å²) in [6.07, 6.45) is 5.80. The number of H-pyrrole nitrogens is 1. The number of halogens is 4. The van der Waals surface area contributed by atoms with Crippen molar-refractivity contribution in [2.75, 3.05) is 29.9 Å². The summed E-state index contributed by atoms with van der Waals surface area (Å²) in [5.41, 5.74) is 1.18. The molecule has 0 radical (unpaired) electrons. The van der Waals surface area contributed by atoms with E-state index in [9.17, 15) is 22.4 Å². The SMILES string of the molecule is CC(C)(F)Cn1cc(N2CC(C(F)(F)F)C2)c2cnc(-c3[nH]ncc3NC(=O)N3CCCCC34CC4)cc21. The molecule has 3 aliphatic rings. The van der Waals surface area contributed by atoms with Crippen LogP contribution in [0.2, 0.25) is 0 Å².